The van der Waals surface area contributed by atoms with Gasteiger partial charge in [-0.3, -0.25) is 9.67 Å². The number of furan rings is 1. The lowest BCUT2D eigenvalue weighted by atomic mass is 10.1. The van der Waals surface area contributed by atoms with Gasteiger partial charge in [0.1, 0.15) is 16.7 Å². The highest BCUT2D eigenvalue weighted by Crippen LogP contribution is 2.42. The van der Waals surface area contributed by atoms with Crippen molar-refractivity contribution in [2.24, 2.45) is 0 Å². The molecule has 4 rings (SSSR count). The Kier molecular flexibility index (Phi) is 4.52. The third kappa shape index (κ3) is 3.43. The first kappa shape index (κ1) is 19.0. The number of carbonyl (C=O) groups excluding carboxylic acids is 1. The molecule has 3 heterocycles. The summed E-state index contributed by atoms with van der Waals surface area (Å²) in [5, 5.41) is 4.58. The molecule has 29 heavy (non-hydrogen) atoms. The van der Waals surface area contributed by atoms with E-state index in [9.17, 15) is 18.0 Å². The fourth-order valence-corrected chi connectivity index (χ4v) is 3.19. The van der Waals surface area contributed by atoms with Gasteiger partial charge in [0, 0.05) is 23.5 Å². The van der Waals surface area contributed by atoms with E-state index in [1.165, 1.54) is 17.7 Å². The molecule has 9 heteroatoms. The quantitative estimate of drug-likeness (QED) is 0.461. The van der Waals surface area contributed by atoms with Gasteiger partial charge in [-0.1, -0.05) is 6.07 Å². The first-order chi connectivity index (χ1) is 13.8. The van der Waals surface area contributed by atoms with Crippen LogP contribution in [0.3, 0.4) is 0 Å². The monoisotopic (exact) mass is 403 g/mol. The summed E-state index contributed by atoms with van der Waals surface area (Å²) in [7, 11) is 0. The van der Waals surface area contributed by atoms with Crippen LogP contribution in [0.15, 0.2) is 41.1 Å². The van der Waals surface area contributed by atoms with Gasteiger partial charge in [-0.15, -0.1) is 0 Å². The number of aryl methyl sites for hydroxylation is 1. The predicted octanol–water partition coefficient (Wildman–Crippen LogP) is 4.73. The number of ether oxygens (including phenoxy) is 1. The zero-order valence-corrected chi connectivity index (χ0v) is 15.6. The van der Waals surface area contributed by atoms with Gasteiger partial charge < -0.3 is 9.15 Å². The normalized spacial score (nSPS) is 12.0. The molecule has 0 radical (unpaired) electrons. The Morgan fingerprint density at radius 3 is 2.69 bits per heavy atom. The van der Waals surface area contributed by atoms with E-state index in [0.717, 1.165) is 11.3 Å². The third-order valence-electron chi connectivity index (χ3n) is 4.44. The summed E-state index contributed by atoms with van der Waals surface area (Å²) in [5.74, 6) is -2.02. The first-order valence-corrected chi connectivity index (χ1v) is 8.86. The molecule has 3 aromatic heterocycles. The van der Waals surface area contributed by atoms with Gasteiger partial charge in [0.25, 0.3) is 0 Å². The van der Waals surface area contributed by atoms with Gasteiger partial charge in [0.05, 0.1) is 18.5 Å². The minimum Gasteiger partial charge on any atom is -0.460 e. The molecule has 0 aliphatic carbocycles. The molecule has 150 valence electrons. The predicted molar refractivity (Wildman–Crippen MR) is 98.5 cm³/mol. The van der Waals surface area contributed by atoms with E-state index in [1.807, 2.05) is 19.1 Å². The molecule has 4 aromatic rings. The number of benzene rings is 1. The SMILES string of the molecule is CCOC(=O)c1oc2ccc3cn(Cc4ccc(C)nc4)nc3c2c1C(F)(F)F. The molecule has 0 fully saturated rings. The molecule has 0 unspecified atom stereocenters. The second kappa shape index (κ2) is 6.91. The molecule has 0 saturated carbocycles. The van der Waals surface area contributed by atoms with Gasteiger partial charge in [-0.25, -0.2) is 4.79 Å². The van der Waals surface area contributed by atoms with Crippen molar-refractivity contribution in [2.45, 2.75) is 26.6 Å². The maximum Gasteiger partial charge on any atom is 0.421 e. The standard InChI is InChI=1S/C20H16F3N3O3/c1-3-28-19(27)18-16(20(21,22)23)15-14(29-18)7-6-13-10-26(25-17(13)15)9-12-5-4-11(2)24-8-12/h4-8,10H,3,9H2,1-2H3. The number of esters is 1. The molecule has 0 atom stereocenters. The van der Waals surface area contributed by atoms with Crippen molar-refractivity contribution in [3.63, 3.8) is 0 Å². The van der Waals surface area contributed by atoms with Gasteiger partial charge >= 0.3 is 12.1 Å². The van der Waals surface area contributed by atoms with Crippen LogP contribution in [0.2, 0.25) is 0 Å². The van der Waals surface area contributed by atoms with Crippen LogP contribution in [0.5, 0.6) is 0 Å². The second-order valence-corrected chi connectivity index (χ2v) is 6.54. The molecule has 0 saturated heterocycles. The number of fused-ring (bicyclic) bond motifs is 3. The molecular weight excluding hydrogens is 387 g/mol. The third-order valence-corrected chi connectivity index (χ3v) is 4.44. The molecule has 0 aliphatic heterocycles. The summed E-state index contributed by atoms with van der Waals surface area (Å²) in [4.78, 5) is 16.3. The number of pyridine rings is 1. The van der Waals surface area contributed by atoms with Crippen molar-refractivity contribution >= 4 is 27.8 Å². The van der Waals surface area contributed by atoms with E-state index in [0.29, 0.717) is 11.9 Å². The number of aromatic nitrogens is 3. The van der Waals surface area contributed by atoms with Crippen LogP contribution in [-0.2, 0) is 17.5 Å². The maximum absolute atomic E-state index is 13.8. The lowest BCUT2D eigenvalue weighted by molar-refractivity contribution is -0.137. The Hall–Kier alpha value is -3.36. The van der Waals surface area contributed by atoms with E-state index in [-0.39, 0.29) is 23.1 Å². The number of rotatable bonds is 4. The summed E-state index contributed by atoms with van der Waals surface area (Å²) in [6.07, 6.45) is -1.48. The van der Waals surface area contributed by atoms with E-state index < -0.39 is 23.5 Å². The van der Waals surface area contributed by atoms with Crippen LogP contribution < -0.4 is 0 Å². The molecule has 0 aliphatic rings. The van der Waals surface area contributed by atoms with E-state index in [4.69, 9.17) is 9.15 Å². The fourth-order valence-electron chi connectivity index (χ4n) is 3.19. The van der Waals surface area contributed by atoms with Crippen molar-refractivity contribution in [3.05, 3.63) is 59.2 Å². The number of hydrogen-bond donors (Lipinski definition) is 0. The van der Waals surface area contributed by atoms with Crippen LogP contribution in [0.25, 0.3) is 21.9 Å². The van der Waals surface area contributed by atoms with Crippen molar-refractivity contribution < 1.29 is 27.1 Å². The maximum atomic E-state index is 13.8. The highest BCUT2D eigenvalue weighted by Gasteiger charge is 2.42. The molecule has 0 N–H and O–H groups in total. The van der Waals surface area contributed by atoms with Crippen LogP contribution >= 0.6 is 0 Å². The lowest BCUT2D eigenvalue weighted by Crippen LogP contribution is -2.13. The smallest absolute Gasteiger partial charge is 0.421 e. The van der Waals surface area contributed by atoms with E-state index in [1.54, 1.807) is 18.5 Å². The van der Waals surface area contributed by atoms with Crippen LogP contribution in [0, 0.1) is 6.92 Å². The molecule has 0 bridgehead atoms. The summed E-state index contributed by atoms with van der Waals surface area (Å²) >= 11 is 0. The molecule has 0 spiro atoms. The van der Waals surface area contributed by atoms with Crippen LogP contribution in [0.4, 0.5) is 13.2 Å². The highest BCUT2D eigenvalue weighted by molar-refractivity contribution is 6.09. The zero-order chi connectivity index (χ0) is 20.8. The lowest BCUT2D eigenvalue weighted by Gasteiger charge is -2.07. The minimum absolute atomic E-state index is 0.0677. The van der Waals surface area contributed by atoms with E-state index in [2.05, 4.69) is 10.1 Å². The second-order valence-electron chi connectivity index (χ2n) is 6.54. The minimum atomic E-state index is -4.81. The zero-order valence-electron chi connectivity index (χ0n) is 15.6. The van der Waals surface area contributed by atoms with E-state index >= 15 is 0 Å². The molecule has 6 nitrogen and oxygen atoms in total. The number of hydrogen-bond acceptors (Lipinski definition) is 5. The Labute approximate surface area is 162 Å². The van der Waals surface area contributed by atoms with Crippen molar-refractivity contribution in [3.8, 4) is 0 Å². The van der Waals surface area contributed by atoms with Crippen LogP contribution in [-0.4, -0.2) is 27.3 Å². The van der Waals surface area contributed by atoms with Gasteiger partial charge in [-0.05, 0) is 37.6 Å². The number of nitrogens with zero attached hydrogens (tertiary/aromatic N) is 3. The largest absolute Gasteiger partial charge is 0.460 e. The van der Waals surface area contributed by atoms with Gasteiger partial charge in [0.15, 0.2) is 0 Å². The Balaban J connectivity index is 1.89. The average Bonchev–Trinajstić information content (AvgIpc) is 3.24. The van der Waals surface area contributed by atoms with Crippen LogP contribution in [0.1, 0.15) is 34.3 Å². The van der Waals surface area contributed by atoms with Crippen molar-refractivity contribution in [2.75, 3.05) is 6.61 Å². The Bertz CT molecular complexity index is 1210. The summed E-state index contributed by atoms with van der Waals surface area (Å²) in [5.41, 5.74) is 0.582. The molecule has 0 amide bonds. The van der Waals surface area contributed by atoms with Crippen molar-refractivity contribution in [1.29, 1.82) is 0 Å². The summed E-state index contributed by atoms with van der Waals surface area (Å²) in [6.45, 7) is 3.64. The fraction of sp³-hybridized carbons (Fsp3) is 0.250. The number of alkyl halides is 3. The Morgan fingerprint density at radius 1 is 1.24 bits per heavy atom. The molecule has 1 aromatic carbocycles. The molecular formula is C20H16F3N3O3. The average molecular weight is 403 g/mol. The summed E-state index contributed by atoms with van der Waals surface area (Å²) < 4.78 is 53.0. The topological polar surface area (TPSA) is 70.2 Å². The number of halogens is 3. The number of carbonyl (C=O) groups is 1. The van der Waals surface area contributed by atoms with Crippen molar-refractivity contribution in [1.82, 2.24) is 14.8 Å². The first-order valence-electron chi connectivity index (χ1n) is 8.86. The van der Waals surface area contributed by atoms with Gasteiger partial charge in [-0.2, -0.15) is 18.3 Å². The van der Waals surface area contributed by atoms with Gasteiger partial charge in [0.2, 0.25) is 5.76 Å². The highest BCUT2D eigenvalue weighted by atomic mass is 19.4. The summed E-state index contributed by atoms with van der Waals surface area (Å²) in [6, 6.07) is 6.73. The Morgan fingerprint density at radius 2 is 2.03 bits per heavy atom.